The number of fused-ring (bicyclic) bond motifs is 2. The molecule has 8 rings (SSSR count). The van der Waals surface area contributed by atoms with Gasteiger partial charge in [0.15, 0.2) is 22.7 Å². The van der Waals surface area contributed by atoms with Gasteiger partial charge in [0.2, 0.25) is 0 Å². The zero-order chi connectivity index (χ0) is 41.6. The van der Waals surface area contributed by atoms with Crippen molar-refractivity contribution in [2.24, 2.45) is 0 Å². The number of aryl methyl sites for hydroxylation is 1. The molecule has 0 fully saturated rings. The molecule has 0 aliphatic rings. The van der Waals surface area contributed by atoms with E-state index in [4.69, 9.17) is 13.9 Å². The lowest BCUT2D eigenvalue weighted by atomic mass is 10.1. The Labute approximate surface area is 345 Å². The number of carbonyl (C=O) groups excluding carboxylic acids is 2. The number of aromatic nitrogens is 4. The number of nitrogens with zero attached hydrogens (tertiary/aromatic N) is 5. The molecule has 2 amide bonds. The number of nitrogens with one attached hydrogen (secondary N) is 2. The maximum atomic E-state index is 13.8. The van der Waals surface area contributed by atoms with E-state index in [0.717, 1.165) is 60.8 Å². The normalized spacial score (nSPS) is 11.3. The van der Waals surface area contributed by atoms with Crippen LogP contribution in [0.5, 0.6) is 11.5 Å². The Morgan fingerprint density at radius 2 is 1.57 bits per heavy atom. The van der Waals surface area contributed by atoms with Gasteiger partial charge >= 0.3 is 0 Å². The molecule has 5 aromatic carbocycles. The number of ether oxygens (including phenoxy) is 2. The molecule has 3 heterocycles. The first kappa shape index (κ1) is 39.3. The van der Waals surface area contributed by atoms with Crippen LogP contribution < -0.4 is 25.5 Å². The van der Waals surface area contributed by atoms with E-state index < -0.39 is 11.8 Å². The van der Waals surface area contributed by atoms with E-state index >= 15 is 0 Å². The van der Waals surface area contributed by atoms with Crippen LogP contribution in [0.4, 0.5) is 11.4 Å². The molecule has 0 radical (unpaired) electrons. The summed E-state index contributed by atoms with van der Waals surface area (Å²) < 4.78 is 20.7. The van der Waals surface area contributed by atoms with E-state index in [9.17, 15) is 14.4 Å². The smallest absolute Gasteiger partial charge is 0.291 e. The van der Waals surface area contributed by atoms with Crippen molar-refractivity contribution in [1.82, 2.24) is 24.2 Å². The van der Waals surface area contributed by atoms with E-state index in [1.165, 1.54) is 37.5 Å². The zero-order valence-corrected chi connectivity index (χ0v) is 33.4. The van der Waals surface area contributed by atoms with E-state index in [2.05, 4.69) is 75.0 Å². The van der Waals surface area contributed by atoms with Crippen LogP contribution in [0.1, 0.15) is 44.5 Å². The van der Waals surface area contributed by atoms with Crippen LogP contribution in [-0.4, -0.2) is 56.8 Å². The third-order valence-corrected chi connectivity index (χ3v) is 10.3. The van der Waals surface area contributed by atoms with Gasteiger partial charge in [-0.1, -0.05) is 42.5 Å². The highest BCUT2D eigenvalue weighted by Crippen LogP contribution is 2.34. The molecule has 3 aromatic heterocycles. The van der Waals surface area contributed by atoms with Crippen LogP contribution in [0.3, 0.4) is 0 Å². The molecule has 13 nitrogen and oxygen atoms in total. The molecule has 60 heavy (non-hydrogen) atoms. The van der Waals surface area contributed by atoms with Crippen LogP contribution in [0.25, 0.3) is 27.6 Å². The van der Waals surface area contributed by atoms with Crippen molar-refractivity contribution in [2.45, 2.75) is 33.0 Å². The van der Waals surface area contributed by atoms with Gasteiger partial charge in [0.25, 0.3) is 11.8 Å². The minimum absolute atomic E-state index is 0.112. The second kappa shape index (κ2) is 17.5. The highest BCUT2D eigenvalue weighted by molar-refractivity contribution is 6.12. The number of methoxy groups -OCH3 is 2. The standard InChI is InChI=1S/C47H43N7O6/c1-4-54-40-17-14-33(22-34(40)27-49-54)29-52(28-32-8-7-9-36(23-32)53-21-19-48-30-53)20-18-31-12-15-35(16-13-31)50-46(56)38-24-43(58-2)44(59-3)25-39(38)51-47(57)45-26-41(55)37-10-5-6-11-42(37)60-45/h5-17,19,21-27,30H,4,18,20,28-29H2,1-3H3,(H,50,56)(H,51,57). The van der Waals surface area contributed by atoms with Crippen LogP contribution >= 0.6 is 0 Å². The third-order valence-electron chi connectivity index (χ3n) is 10.3. The first-order valence-electron chi connectivity index (χ1n) is 19.5. The monoisotopic (exact) mass is 801 g/mol. The fourth-order valence-corrected chi connectivity index (χ4v) is 7.25. The largest absolute Gasteiger partial charge is 0.493 e. The summed E-state index contributed by atoms with van der Waals surface area (Å²) in [4.78, 5) is 46.6. The van der Waals surface area contributed by atoms with Crippen LogP contribution in [0.2, 0.25) is 0 Å². The molecule has 0 bridgehead atoms. The maximum absolute atomic E-state index is 13.8. The predicted octanol–water partition coefficient (Wildman–Crippen LogP) is 8.12. The number of imidazole rings is 1. The summed E-state index contributed by atoms with van der Waals surface area (Å²) in [5, 5.41) is 11.7. The Kier molecular flexibility index (Phi) is 11.5. The number of hydrogen-bond donors (Lipinski definition) is 2. The summed E-state index contributed by atoms with van der Waals surface area (Å²) in [5.41, 5.74) is 6.38. The number of anilines is 2. The molecular weight excluding hydrogens is 759 g/mol. The maximum Gasteiger partial charge on any atom is 0.291 e. The summed E-state index contributed by atoms with van der Waals surface area (Å²) in [7, 11) is 2.91. The van der Waals surface area contributed by atoms with Gasteiger partial charge in [0.1, 0.15) is 5.58 Å². The number of benzene rings is 5. The molecule has 2 N–H and O–H groups in total. The van der Waals surface area contributed by atoms with Crippen LogP contribution in [-0.2, 0) is 26.1 Å². The van der Waals surface area contributed by atoms with E-state index in [1.54, 1.807) is 36.8 Å². The van der Waals surface area contributed by atoms with Crippen molar-refractivity contribution < 1.29 is 23.5 Å². The molecule has 0 atom stereocenters. The lowest BCUT2D eigenvalue weighted by Crippen LogP contribution is -2.25. The number of carbonyl (C=O) groups is 2. The van der Waals surface area contributed by atoms with Crippen molar-refractivity contribution >= 4 is 45.1 Å². The molecule has 0 aliphatic heterocycles. The summed E-state index contributed by atoms with van der Waals surface area (Å²) in [6.07, 6.45) is 8.21. The molecular formula is C47H43N7O6. The zero-order valence-electron chi connectivity index (χ0n) is 33.4. The van der Waals surface area contributed by atoms with Crippen molar-refractivity contribution in [3.8, 4) is 17.2 Å². The van der Waals surface area contributed by atoms with Gasteiger partial charge in [0, 0.05) is 67.5 Å². The molecule has 8 aromatic rings. The average molecular weight is 802 g/mol. The molecule has 13 heteroatoms. The van der Waals surface area contributed by atoms with Gasteiger partial charge in [-0.05, 0) is 84.6 Å². The summed E-state index contributed by atoms with van der Waals surface area (Å²) in [6.45, 7) is 5.16. The number of para-hydroxylation sites is 1. The molecule has 0 saturated heterocycles. The quantitative estimate of drug-likeness (QED) is 0.105. The summed E-state index contributed by atoms with van der Waals surface area (Å²) in [6, 6.07) is 33.5. The van der Waals surface area contributed by atoms with Gasteiger partial charge in [-0.15, -0.1) is 0 Å². The SMILES string of the molecule is CCn1ncc2cc(CN(CCc3ccc(NC(=O)c4cc(OC)c(OC)cc4NC(=O)c4cc(=O)c5ccccc5o4)cc3)Cc3cccc(-n4ccnc4)c3)ccc21. The van der Waals surface area contributed by atoms with Gasteiger partial charge in [-0.3, -0.25) is 24.0 Å². The third kappa shape index (κ3) is 8.66. The summed E-state index contributed by atoms with van der Waals surface area (Å²) in [5.74, 6) is -0.827. The van der Waals surface area contributed by atoms with E-state index in [-0.39, 0.29) is 28.0 Å². The van der Waals surface area contributed by atoms with Crippen molar-refractivity contribution in [2.75, 3.05) is 31.4 Å². The second-order valence-corrected chi connectivity index (χ2v) is 14.3. The highest BCUT2D eigenvalue weighted by atomic mass is 16.5. The minimum atomic E-state index is -0.711. The van der Waals surface area contributed by atoms with Crippen molar-refractivity contribution in [3.63, 3.8) is 0 Å². The Balaban J connectivity index is 0.983. The first-order valence-corrected chi connectivity index (χ1v) is 19.5. The Bertz CT molecular complexity index is 2870. The molecule has 0 saturated carbocycles. The predicted molar refractivity (Wildman–Crippen MR) is 231 cm³/mol. The number of rotatable bonds is 15. The van der Waals surface area contributed by atoms with Gasteiger partial charge in [0.05, 0.1) is 48.9 Å². The Hall–Kier alpha value is -7.51. The molecule has 0 unspecified atom stereocenters. The van der Waals surface area contributed by atoms with Gasteiger partial charge in [-0.2, -0.15) is 5.10 Å². The molecule has 302 valence electrons. The Morgan fingerprint density at radius 1 is 0.800 bits per heavy atom. The fourth-order valence-electron chi connectivity index (χ4n) is 7.25. The number of amides is 2. The van der Waals surface area contributed by atoms with Gasteiger partial charge < -0.3 is 29.1 Å². The Morgan fingerprint density at radius 3 is 2.33 bits per heavy atom. The number of hydrogen-bond acceptors (Lipinski definition) is 9. The lowest BCUT2D eigenvalue weighted by molar-refractivity contribution is 0.0997. The van der Waals surface area contributed by atoms with Crippen LogP contribution in [0, 0.1) is 0 Å². The van der Waals surface area contributed by atoms with Crippen LogP contribution in [0.15, 0.2) is 143 Å². The lowest BCUT2D eigenvalue weighted by Gasteiger charge is -2.23. The van der Waals surface area contributed by atoms with Crippen molar-refractivity contribution in [1.29, 1.82) is 0 Å². The minimum Gasteiger partial charge on any atom is -0.493 e. The van der Waals surface area contributed by atoms with Crippen molar-refractivity contribution in [3.05, 3.63) is 172 Å². The summed E-state index contributed by atoms with van der Waals surface area (Å²) >= 11 is 0. The highest BCUT2D eigenvalue weighted by Gasteiger charge is 2.21. The second-order valence-electron chi connectivity index (χ2n) is 14.3. The van der Waals surface area contributed by atoms with Gasteiger partial charge in [-0.25, -0.2) is 4.98 Å². The fraction of sp³-hybridized carbons (Fsp3) is 0.170. The van der Waals surface area contributed by atoms with E-state index in [0.29, 0.717) is 22.6 Å². The first-order chi connectivity index (χ1) is 29.3. The molecule has 0 spiro atoms. The van der Waals surface area contributed by atoms with E-state index in [1.807, 2.05) is 45.9 Å². The molecule has 0 aliphatic carbocycles. The average Bonchev–Trinajstić information content (AvgIpc) is 3.97. The topological polar surface area (TPSA) is 146 Å².